The lowest BCUT2D eigenvalue weighted by atomic mass is 9.99. The summed E-state index contributed by atoms with van der Waals surface area (Å²) < 4.78 is 4.86. The van der Waals surface area contributed by atoms with E-state index in [0.717, 1.165) is 6.42 Å². The van der Waals surface area contributed by atoms with E-state index in [1.165, 1.54) is 0 Å². The number of esters is 1. The maximum atomic E-state index is 11.3. The molecule has 4 nitrogen and oxygen atoms in total. The average Bonchev–Trinajstić information content (AvgIpc) is 2.18. The molecule has 0 spiro atoms. The van der Waals surface area contributed by atoms with E-state index < -0.39 is 5.54 Å². The van der Waals surface area contributed by atoms with Crippen LogP contribution in [0.2, 0.25) is 0 Å². The van der Waals surface area contributed by atoms with Gasteiger partial charge in [0, 0.05) is 5.54 Å². The first-order valence-corrected chi connectivity index (χ1v) is 5.04. The van der Waals surface area contributed by atoms with Gasteiger partial charge in [-0.3, -0.25) is 10.1 Å². The second kappa shape index (κ2) is 5.98. The van der Waals surface area contributed by atoms with Crippen LogP contribution in [0.15, 0.2) is 0 Å². The van der Waals surface area contributed by atoms with Gasteiger partial charge < -0.3 is 9.84 Å². The molecule has 2 unspecified atom stereocenters. The molecule has 0 bridgehead atoms. The van der Waals surface area contributed by atoms with Gasteiger partial charge in [-0.15, -0.1) is 0 Å². The molecule has 0 aromatic heterocycles. The van der Waals surface area contributed by atoms with Crippen LogP contribution in [0.4, 0.5) is 0 Å². The molecule has 0 aliphatic rings. The number of nitrogens with one attached hydrogen (secondary N) is 1. The predicted molar refractivity (Wildman–Crippen MR) is 55.0 cm³/mol. The van der Waals surface area contributed by atoms with Crippen LogP contribution in [0.3, 0.4) is 0 Å². The summed E-state index contributed by atoms with van der Waals surface area (Å²) in [5, 5.41) is 12.2. The van der Waals surface area contributed by atoms with Crippen LogP contribution in [0.1, 0.15) is 34.1 Å². The average molecular weight is 203 g/mol. The fourth-order valence-electron chi connectivity index (χ4n) is 1.11. The number of hydrogen-bond acceptors (Lipinski definition) is 4. The lowest BCUT2D eigenvalue weighted by Gasteiger charge is -2.30. The van der Waals surface area contributed by atoms with Crippen molar-refractivity contribution in [2.75, 3.05) is 13.2 Å². The first-order valence-electron chi connectivity index (χ1n) is 5.04. The van der Waals surface area contributed by atoms with E-state index in [1.807, 2.05) is 13.8 Å². The lowest BCUT2D eigenvalue weighted by Crippen LogP contribution is -2.52. The zero-order chi connectivity index (χ0) is 11.2. The zero-order valence-corrected chi connectivity index (χ0v) is 9.46. The molecule has 0 heterocycles. The summed E-state index contributed by atoms with van der Waals surface area (Å²) in [4.78, 5) is 11.3. The Hall–Kier alpha value is -0.610. The first-order chi connectivity index (χ1) is 6.49. The Kier molecular flexibility index (Phi) is 5.72. The third-order valence-electron chi connectivity index (χ3n) is 2.33. The molecule has 0 aliphatic carbocycles. The molecule has 4 heteroatoms. The Labute approximate surface area is 85.6 Å². The second-order valence-electron chi connectivity index (χ2n) is 3.69. The first kappa shape index (κ1) is 13.4. The van der Waals surface area contributed by atoms with Crippen LogP contribution in [-0.4, -0.2) is 35.9 Å². The highest BCUT2D eigenvalue weighted by atomic mass is 16.5. The maximum absolute atomic E-state index is 11.3. The smallest absolute Gasteiger partial charge is 0.322 e. The monoisotopic (exact) mass is 203 g/mol. The number of aliphatic hydroxyl groups is 1. The molecule has 2 atom stereocenters. The maximum Gasteiger partial charge on any atom is 0.322 e. The summed E-state index contributed by atoms with van der Waals surface area (Å²) in [6.07, 6.45) is 0.757. The molecule has 0 rings (SSSR count). The highest BCUT2D eigenvalue weighted by Gasteiger charge is 2.26. The fourth-order valence-corrected chi connectivity index (χ4v) is 1.11. The highest BCUT2D eigenvalue weighted by molar-refractivity contribution is 5.75. The van der Waals surface area contributed by atoms with Gasteiger partial charge in [-0.25, -0.2) is 0 Å². The standard InChI is InChI=1S/C10H21NO3/c1-5-10(4,7-12)11-8(3)9(13)14-6-2/h8,11-12H,5-7H2,1-4H3. The summed E-state index contributed by atoms with van der Waals surface area (Å²) in [5.74, 6) is -0.277. The molecular weight excluding hydrogens is 182 g/mol. The minimum atomic E-state index is -0.411. The molecule has 2 N–H and O–H groups in total. The van der Waals surface area contributed by atoms with Gasteiger partial charge in [-0.05, 0) is 27.2 Å². The molecule has 0 radical (unpaired) electrons. The third-order valence-corrected chi connectivity index (χ3v) is 2.33. The number of carbonyl (C=O) groups is 1. The Morgan fingerprint density at radius 3 is 2.50 bits per heavy atom. The van der Waals surface area contributed by atoms with Crippen LogP contribution < -0.4 is 5.32 Å². The quantitative estimate of drug-likeness (QED) is 0.624. The molecule has 0 aromatic rings. The fraction of sp³-hybridized carbons (Fsp3) is 0.900. The SMILES string of the molecule is CCOC(=O)C(C)NC(C)(CC)CO. The Balaban J connectivity index is 4.15. The Bertz CT molecular complexity index is 178. The van der Waals surface area contributed by atoms with Crippen molar-refractivity contribution in [1.29, 1.82) is 0 Å². The minimum Gasteiger partial charge on any atom is -0.465 e. The van der Waals surface area contributed by atoms with Crippen molar-refractivity contribution in [3.8, 4) is 0 Å². The van der Waals surface area contributed by atoms with Gasteiger partial charge in [-0.1, -0.05) is 6.92 Å². The number of hydrogen-bond donors (Lipinski definition) is 2. The molecular formula is C10H21NO3. The van der Waals surface area contributed by atoms with E-state index in [1.54, 1.807) is 13.8 Å². The van der Waals surface area contributed by atoms with Crippen molar-refractivity contribution in [1.82, 2.24) is 5.32 Å². The van der Waals surface area contributed by atoms with Crippen molar-refractivity contribution in [3.05, 3.63) is 0 Å². The van der Waals surface area contributed by atoms with E-state index in [-0.39, 0.29) is 18.6 Å². The molecule has 0 saturated carbocycles. The van der Waals surface area contributed by atoms with Gasteiger partial charge in [0.1, 0.15) is 6.04 Å². The third kappa shape index (κ3) is 4.07. The second-order valence-corrected chi connectivity index (χ2v) is 3.69. The van der Waals surface area contributed by atoms with Crippen LogP contribution in [0.5, 0.6) is 0 Å². The van der Waals surface area contributed by atoms with E-state index in [2.05, 4.69) is 5.32 Å². The van der Waals surface area contributed by atoms with E-state index >= 15 is 0 Å². The molecule has 0 fully saturated rings. The number of rotatable bonds is 6. The topological polar surface area (TPSA) is 58.6 Å². The van der Waals surface area contributed by atoms with Gasteiger partial charge in [0.15, 0.2) is 0 Å². The summed E-state index contributed by atoms with van der Waals surface area (Å²) in [6, 6.07) is -0.382. The van der Waals surface area contributed by atoms with Gasteiger partial charge >= 0.3 is 5.97 Å². The van der Waals surface area contributed by atoms with Gasteiger partial charge in [0.05, 0.1) is 13.2 Å². The summed E-state index contributed by atoms with van der Waals surface area (Å²) in [6.45, 7) is 7.74. The van der Waals surface area contributed by atoms with Gasteiger partial charge in [0.2, 0.25) is 0 Å². The van der Waals surface area contributed by atoms with E-state index in [0.29, 0.717) is 6.61 Å². The minimum absolute atomic E-state index is 0.00719. The number of carbonyl (C=O) groups excluding carboxylic acids is 1. The lowest BCUT2D eigenvalue weighted by molar-refractivity contribution is -0.145. The zero-order valence-electron chi connectivity index (χ0n) is 9.46. The van der Waals surface area contributed by atoms with E-state index in [4.69, 9.17) is 9.84 Å². The van der Waals surface area contributed by atoms with Crippen LogP contribution >= 0.6 is 0 Å². The van der Waals surface area contributed by atoms with Crippen molar-refractivity contribution >= 4 is 5.97 Å². The van der Waals surface area contributed by atoms with Gasteiger partial charge in [-0.2, -0.15) is 0 Å². The van der Waals surface area contributed by atoms with Crippen LogP contribution in [0.25, 0.3) is 0 Å². The summed E-state index contributed by atoms with van der Waals surface area (Å²) >= 11 is 0. The van der Waals surface area contributed by atoms with Crippen molar-refractivity contribution in [3.63, 3.8) is 0 Å². The summed E-state index contributed by atoms with van der Waals surface area (Å²) in [5.41, 5.74) is -0.411. The van der Waals surface area contributed by atoms with Crippen LogP contribution in [-0.2, 0) is 9.53 Å². The predicted octanol–water partition coefficient (Wildman–Crippen LogP) is 0.689. The number of aliphatic hydroxyl groups excluding tert-OH is 1. The van der Waals surface area contributed by atoms with Crippen molar-refractivity contribution in [2.45, 2.75) is 45.7 Å². The molecule has 14 heavy (non-hydrogen) atoms. The van der Waals surface area contributed by atoms with Crippen molar-refractivity contribution in [2.24, 2.45) is 0 Å². The van der Waals surface area contributed by atoms with Crippen molar-refractivity contribution < 1.29 is 14.6 Å². The molecule has 0 saturated heterocycles. The number of ether oxygens (including phenoxy) is 1. The molecule has 0 aliphatic heterocycles. The van der Waals surface area contributed by atoms with Crippen LogP contribution in [0, 0.1) is 0 Å². The molecule has 84 valence electrons. The molecule has 0 amide bonds. The van der Waals surface area contributed by atoms with E-state index in [9.17, 15) is 4.79 Å². The Morgan fingerprint density at radius 1 is 1.57 bits per heavy atom. The largest absolute Gasteiger partial charge is 0.465 e. The van der Waals surface area contributed by atoms with Gasteiger partial charge in [0.25, 0.3) is 0 Å². The summed E-state index contributed by atoms with van der Waals surface area (Å²) in [7, 11) is 0. The molecule has 0 aromatic carbocycles. The highest BCUT2D eigenvalue weighted by Crippen LogP contribution is 2.09. The normalized spacial score (nSPS) is 17.2. The Morgan fingerprint density at radius 2 is 2.14 bits per heavy atom.